The number of ether oxygens (including phenoxy) is 1. The number of H-pyrrole nitrogens is 1. The fourth-order valence-corrected chi connectivity index (χ4v) is 6.27. The van der Waals surface area contributed by atoms with E-state index in [-0.39, 0.29) is 23.1 Å². The summed E-state index contributed by atoms with van der Waals surface area (Å²) in [5, 5.41) is 3.98. The molecule has 214 valence electrons. The molecule has 0 radical (unpaired) electrons. The number of methoxy groups -OCH3 is 1. The van der Waals surface area contributed by atoms with Gasteiger partial charge in [0, 0.05) is 29.6 Å². The summed E-state index contributed by atoms with van der Waals surface area (Å²) in [4.78, 5) is 48.3. The summed E-state index contributed by atoms with van der Waals surface area (Å²) < 4.78 is 5.37. The SMILES string of the molecule is COc1ccc(C2c3[nH]c4ccccc4c3C[C@H]3C(=O)N(c4ccccc4C(=O)NCc4ccc(C)cc4)C(=O)N23)cc1. The Morgan fingerprint density at radius 2 is 1.65 bits per heavy atom. The molecule has 0 aliphatic carbocycles. The van der Waals surface area contributed by atoms with Crippen molar-refractivity contribution in [3.05, 3.63) is 131 Å². The van der Waals surface area contributed by atoms with Crippen LogP contribution in [0.2, 0.25) is 0 Å². The second-order valence-corrected chi connectivity index (χ2v) is 11.0. The van der Waals surface area contributed by atoms with Crippen LogP contribution in [0.1, 0.15) is 44.3 Å². The minimum absolute atomic E-state index is 0.265. The van der Waals surface area contributed by atoms with Crippen LogP contribution < -0.4 is 15.0 Å². The van der Waals surface area contributed by atoms with E-state index >= 15 is 0 Å². The number of hydrogen-bond acceptors (Lipinski definition) is 4. The van der Waals surface area contributed by atoms with Crippen LogP contribution in [-0.4, -0.2) is 40.9 Å². The van der Waals surface area contributed by atoms with Crippen molar-refractivity contribution in [1.82, 2.24) is 15.2 Å². The molecule has 0 spiro atoms. The number of aryl methyl sites for hydroxylation is 1. The third kappa shape index (κ3) is 4.43. The van der Waals surface area contributed by atoms with E-state index in [4.69, 9.17) is 4.74 Å². The van der Waals surface area contributed by atoms with Gasteiger partial charge in [-0.05, 0) is 53.9 Å². The van der Waals surface area contributed by atoms with E-state index in [1.54, 1.807) is 36.3 Å². The van der Waals surface area contributed by atoms with Gasteiger partial charge in [-0.1, -0.05) is 72.3 Å². The van der Waals surface area contributed by atoms with E-state index in [2.05, 4.69) is 10.3 Å². The normalized spacial score (nSPS) is 17.6. The fraction of sp³-hybridized carbons (Fsp3) is 0.171. The van der Waals surface area contributed by atoms with Gasteiger partial charge in [-0.3, -0.25) is 14.5 Å². The molecule has 0 bridgehead atoms. The first-order valence-corrected chi connectivity index (χ1v) is 14.3. The van der Waals surface area contributed by atoms with Gasteiger partial charge < -0.3 is 15.0 Å². The molecular weight excluding hydrogens is 540 g/mol. The van der Waals surface area contributed by atoms with Gasteiger partial charge in [0.15, 0.2) is 0 Å². The predicted octanol–water partition coefficient (Wildman–Crippen LogP) is 5.90. The molecule has 3 heterocycles. The molecule has 0 saturated carbocycles. The smallest absolute Gasteiger partial charge is 0.332 e. The molecule has 8 heteroatoms. The highest BCUT2D eigenvalue weighted by molar-refractivity contribution is 6.24. The molecule has 2 aliphatic heterocycles. The predicted molar refractivity (Wildman–Crippen MR) is 164 cm³/mol. The molecule has 8 nitrogen and oxygen atoms in total. The molecule has 7 rings (SSSR count). The molecule has 5 aromatic rings. The third-order valence-corrected chi connectivity index (χ3v) is 8.44. The van der Waals surface area contributed by atoms with Gasteiger partial charge in [0.2, 0.25) is 0 Å². The van der Waals surface area contributed by atoms with Gasteiger partial charge >= 0.3 is 6.03 Å². The number of benzene rings is 4. The number of nitrogens with one attached hydrogen (secondary N) is 2. The highest BCUT2D eigenvalue weighted by Crippen LogP contribution is 2.45. The van der Waals surface area contributed by atoms with Crippen molar-refractivity contribution >= 4 is 34.4 Å². The molecule has 2 atom stereocenters. The Kier molecular flexibility index (Phi) is 6.46. The van der Waals surface area contributed by atoms with Crippen LogP contribution in [-0.2, 0) is 17.8 Å². The molecule has 43 heavy (non-hydrogen) atoms. The van der Waals surface area contributed by atoms with Crippen molar-refractivity contribution < 1.29 is 19.1 Å². The molecule has 1 aromatic heterocycles. The Labute approximate surface area is 248 Å². The zero-order valence-electron chi connectivity index (χ0n) is 23.8. The molecule has 4 aromatic carbocycles. The fourth-order valence-electron chi connectivity index (χ4n) is 6.27. The first-order valence-electron chi connectivity index (χ1n) is 14.3. The number of carbonyl (C=O) groups is 3. The topological polar surface area (TPSA) is 94.7 Å². The summed E-state index contributed by atoms with van der Waals surface area (Å²) in [6.45, 7) is 2.33. The zero-order valence-corrected chi connectivity index (χ0v) is 23.8. The van der Waals surface area contributed by atoms with Crippen LogP contribution in [0.3, 0.4) is 0 Å². The quantitative estimate of drug-likeness (QED) is 0.249. The summed E-state index contributed by atoms with van der Waals surface area (Å²) in [5.41, 5.74) is 6.34. The summed E-state index contributed by atoms with van der Waals surface area (Å²) in [6.07, 6.45) is 0.370. The van der Waals surface area contributed by atoms with Crippen LogP contribution in [0.25, 0.3) is 10.9 Å². The molecule has 2 N–H and O–H groups in total. The third-order valence-electron chi connectivity index (χ3n) is 8.44. The number of rotatable bonds is 6. The molecule has 1 unspecified atom stereocenters. The standard InChI is InChI=1S/C35H30N4O4/c1-21-11-13-22(14-12-21)20-36-33(40)26-8-4-6-10-29(26)39-34(41)30-19-27-25-7-3-5-9-28(25)37-31(27)32(38(30)35(39)42)23-15-17-24(43-2)18-16-23/h3-18,30,32,37H,19-20H2,1-2H3,(H,36,40)/t30-,32?/m0/s1. The maximum Gasteiger partial charge on any atom is 0.332 e. The number of aromatic amines is 1. The van der Waals surface area contributed by atoms with Crippen molar-refractivity contribution in [2.24, 2.45) is 0 Å². The zero-order chi connectivity index (χ0) is 29.7. The Morgan fingerprint density at radius 1 is 0.930 bits per heavy atom. The van der Waals surface area contributed by atoms with E-state index < -0.39 is 18.1 Å². The van der Waals surface area contributed by atoms with Gasteiger partial charge in [-0.15, -0.1) is 0 Å². The van der Waals surface area contributed by atoms with E-state index in [0.29, 0.717) is 18.7 Å². The lowest BCUT2D eigenvalue weighted by Crippen LogP contribution is -2.44. The van der Waals surface area contributed by atoms with E-state index in [1.165, 1.54) is 4.90 Å². The van der Waals surface area contributed by atoms with Crippen molar-refractivity contribution in [3.8, 4) is 5.75 Å². The number of para-hydroxylation sites is 2. The Morgan fingerprint density at radius 3 is 2.42 bits per heavy atom. The number of urea groups is 1. The van der Waals surface area contributed by atoms with Crippen LogP contribution in [0.4, 0.5) is 10.5 Å². The summed E-state index contributed by atoms with van der Waals surface area (Å²) in [6, 6.07) is 28.5. The van der Waals surface area contributed by atoms with Crippen LogP contribution in [0, 0.1) is 6.92 Å². The number of anilines is 1. The molecule has 1 fully saturated rings. The number of aromatic nitrogens is 1. The van der Waals surface area contributed by atoms with Gasteiger partial charge in [-0.2, -0.15) is 0 Å². The molecule has 2 aliphatic rings. The minimum atomic E-state index is -0.727. The first-order chi connectivity index (χ1) is 20.9. The Hall–Kier alpha value is -5.37. The molecule has 1 saturated heterocycles. The average Bonchev–Trinajstić information content (AvgIpc) is 3.53. The van der Waals surface area contributed by atoms with E-state index in [9.17, 15) is 14.4 Å². The first kappa shape index (κ1) is 26.5. The molecule has 4 amide bonds. The van der Waals surface area contributed by atoms with Crippen molar-refractivity contribution in [2.75, 3.05) is 12.0 Å². The maximum absolute atomic E-state index is 14.3. The number of fused-ring (bicyclic) bond motifs is 4. The second-order valence-electron chi connectivity index (χ2n) is 11.0. The minimum Gasteiger partial charge on any atom is -0.497 e. The van der Waals surface area contributed by atoms with Crippen LogP contribution in [0.15, 0.2) is 97.1 Å². The van der Waals surface area contributed by atoms with Gasteiger partial charge in [0.1, 0.15) is 17.8 Å². The van der Waals surface area contributed by atoms with Gasteiger partial charge in [0.25, 0.3) is 11.8 Å². The average molecular weight is 571 g/mol. The van der Waals surface area contributed by atoms with Crippen LogP contribution in [0.5, 0.6) is 5.75 Å². The number of carbonyl (C=O) groups excluding carboxylic acids is 3. The van der Waals surface area contributed by atoms with Gasteiger partial charge in [0.05, 0.1) is 18.4 Å². The van der Waals surface area contributed by atoms with Crippen molar-refractivity contribution in [1.29, 1.82) is 0 Å². The van der Waals surface area contributed by atoms with E-state index in [0.717, 1.165) is 38.9 Å². The lowest BCUT2D eigenvalue weighted by atomic mass is 9.89. The largest absolute Gasteiger partial charge is 0.497 e. The maximum atomic E-state index is 14.3. The lowest BCUT2D eigenvalue weighted by Gasteiger charge is -2.36. The van der Waals surface area contributed by atoms with Crippen LogP contribution >= 0.6 is 0 Å². The monoisotopic (exact) mass is 570 g/mol. The Bertz CT molecular complexity index is 1880. The Balaban J connectivity index is 1.27. The number of amides is 4. The highest BCUT2D eigenvalue weighted by atomic mass is 16.5. The summed E-state index contributed by atoms with van der Waals surface area (Å²) >= 11 is 0. The van der Waals surface area contributed by atoms with Crippen molar-refractivity contribution in [2.45, 2.75) is 32.0 Å². The van der Waals surface area contributed by atoms with Crippen molar-refractivity contribution in [3.63, 3.8) is 0 Å². The number of hydrogen-bond donors (Lipinski definition) is 2. The number of imide groups is 1. The van der Waals surface area contributed by atoms with E-state index in [1.807, 2.05) is 79.7 Å². The summed E-state index contributed by atoms with van der Waals surface area (Å²) in [5.74, 6) is -0.00759. The summed E-state index contributed by atoms with van der Waals surface area (Å²) in [7, 11) is 1.61. The number of nitrogens with zero attached hydrogens (tertiary/aromatic N) is 2. The molecular formula is C35H30N4O4. The second kappa shape index (κ2) is 10.5. The van der Waals surface area contributed by atoms with Gasteiger partial charge in [-0.25, -0.2) is 9.69 Å². The highest BCUT2D eigenvalue weighted by Gasteiger charge is 2.53. The lowest BCUT2D eigenvalue weighted by molar-refractivity contribution is -0.120.